The van der Waals surface area contributed by atoms with Gasteiger partial charge in [-0.25, -0.2) is 9.13 Å². The summed E-state index contributed by atoms with van der Waals surface area (Å²) in [4.78, 5) is 52.7. The Morgan fingerprint density at radius 3 is 1.73 bits per heavy atom. The molecule has 0 aliphatic carbocycles. The van der Waals surface area contributed by atoms with Crippen LogP contribution in [0, 0.1) is 5.92 Å². The summed E-state index contributed by atoms with van der Waals surface area (Å²) < 4.78 is 47.7. The molecule has 0 amide bonds. The second kappa shape index (κ2) is 40.3. The number of unbranched alkanes of at least 4 members (excludes halogenated alkanes) is 14. The first-order valence-corrected chi connectivity index (χ1v) is 26.0. The summed E-state index contributed by atoms with van der Waals surface area (Å²) in [7, 11) is -9.72. The Kier molecular flexibility index (Phi) is 38.9. The third-order valence-corrected chi connectivity index (χ3v) is 10.9. The third kappa shape index (κ3) is 44.4. The van der Waals surface area contributed by atoms with Crippen molar-refractivity contribution in [2.75, 3.05) is 26.4 Å². The molecule has 0 fully saturated rings. The smallest absolute Gasteiger partial charge is 0.462 e. The number of hydrogen-bond acceptors (Lipinski definition) is 11. The van der Waals surface area contributed by atoms with Gasteiger partial charge in [0.05, 0.1) is 25.9 Å². The molecule has 360 valence electrons. The Hall–Kier alpha value is -2.22. The Bertz CT molecular complexity index is 1360. The van der Waals surface area contributed by atoms with Gasteiger partial charge in [-0.2, -0.15) is 0 Å². The summed E-state index contributed by atoms with van der Waals surface area (Å²) in [6.07, 6.45) is 38.2. The van der Waals surface area contributed by atoms with E-state index in [-0.39, 0.29) is 12.8 Å². The highest BCUT2D eigenvalue weighted by Crippen LogP contribution is 2.43. The van der Waals surface area contributed by atoms with Crippen molar-refractivity contribution in [1.82, 2.24) is 0 Å². The van der Waals surface area contributed by atoms with Crippen molar-refractivity contribution in [3.05, 3.63) is 60.8 Å². The van der Waals surface area contributed by atoms with E-state index in [1.807, 2.05) is 36.5 Å². The SMILES string of the molecule is CC/C=C\C/C=C\CC(O)/C=C/C=C\C/C=C\CCCC(=O)O[C@H](COC(=O)CCCCCCCCCCCCCCCCC(C)C)COP(=O)(O)OC[C@@H](O)COP(=O)(O)O. The van der Waals surface area contributed by atoms with Gasteiger partial charge in [-0.3, -0.25) is 23.2 Å². The fraction of sp³-hybridized carbons (Fsp3) is 0.739. The topological polar surface area (TPSA) is 216 Å². The van der Waals surface area contributed by atoms with E-state index in [1.165, 1.54) is 70.6 Å². The van der Waals surface area contributed by atoms with Crippen LogP contribution < -0.4 is 0 Å². The van der Waals surface area contributed by atoms with Crippen LogP contribution in [0.25, 0.3) is 0 Å². The fourth-order valence-electron chi connectivity index (χ4n) is 5.95. The summed E-state index contributed by atoms with van der Waals surface area (Å²) in [6, 6.07) is 0. The molecule has 0 aromatic heterocycles. The van der Waals surface area contributed by atoms with E-state index >= 15 is 0 Å². The van der Waals surface area contributed by atoms with Gasteiger partial charge >= 0.3 is 27.6 Å². The van der Waals surface area contributed by atoms with Crippen molar-refractivity contribution < 1.29 is 66.7 Å². The summed E-state index contributed by atoms with van der Waals surface area (Å²) in [5.74, 6) is -0.333. The minimum Gasteiger partial charge on any atom is -0.462 e. The van der Waals surface area contributed by atoms with Gasteiger partial charge < -0.3 is 34.4 Å². The summed E-state index contributed by atoms with van der Waals surface area (Å²) in [5.41, 5.74) is 0. The number of aliphatic hydroxyl groups excluding tert-OH is 2. The average Bonchev–Trinajstić information content (AvgIpc) is 3.21. The number of hydrogen-bond donors (Lipinski definition) is 5. The van der Waals surface area contributed by atoms with E-state index in [2.05, 4.69) is 42.0 Å². The molecule has 0 radical (unpaired) electrons. The molecular weight excluding hydrogens is 838 g/mol. The Labute approximate surface area is 373 Å². The van der Waals surface area contributed by atoms with E-state index < -0.39 is 72.3 Å². The zero-order chi connectivity index (χ0) is 46.2. The minimum absolute atomic E-state index is 0.0202. The van der Waals surface area contributed by atoms with Gasteiger partial charge in [0, 0.05) is 12.8 Å². The molecule has 0 aromatic carbocycles. The number of esters is 2. The van der Waals surface area contributed by atoms with Crippen molar-refractivity contribution in [2.45, 2.75) is 187 Å². The number of carbonyl (C=O) groups excluding carboxylic acids is 2. The Morgan fingerprint density at radius 2 is 1.11 bits per heavy atom. The van der Waals surface area contributed by atoms with Crippen LogP contribution >= 0.6 is 15.6 Å². The van der Waals surface area contributed by atoms with Crippen molar-refractivity contribution in [2.24, 2.45) is 5.92 Å². The first kappa shape index (κ1) is 59.8. The van der Waals surface area contributed by atoms with Crippen molar-refractivity contribution >= 4 is 27.6 Å². The number of ether oxygens (including phenoxy) is 2. The number of allylic oxidation sites excluding steroid dienone is 8. The molecule has 0 saturated heterocycles. The second-order valence-corrected chi connectivity index (χ2v) is 18.7. The highest BCUT2D eigenvalue weighted by atomic mass is 31.2. The lowest BCUT2D eigenvalue weighted by molar-refractivity contribution is -0.161. The van der Waals surface area contributed by atoms with Crippen LogP contribution in [-0.4, -0.2) is 81.6 Å². The van der Waals surface area contributed by atoms with Crippen LogP contribution in [0.2, 0.25) is 0 Å². The number of aliphatic hydroxyl groups is 2. The monoisotopic (exact) mass is 921 g/mol. The summed E-state index contributed by atoms with van der Waals surface area (Å²) in [6.45, 7) is 3.83. The number of phosphoric ester groups is 2. The third-order valence-electron chi connectivity index (χ3n) is 9.42. The standard InChI is InChI=1S/C46H82O14P2/c1-4-5-6-7-23-28-33-42(47)34-29-24-19-16-17-21-26-31-36-46(50)60-44(40-59-62(54,55)58-38-43(48)37-57-61(51,52)53)39-56-45(49)35-30-25-20-15-13-11-9-8-10-12-14-18-22-27-32-41(2)3/h5-6,17,19,21,23-24,28-29,34,41-44,47-48H,4,7-16,18,20,22,25-27,30-33,35-40H2,1-3H3,(H,54,55)(H2,51,52,53)/b6-5-,21-17-,24-19-,28-23-,34-29+/t42?,43-,44+/m0/s1. The number of rotatable bonds is 42. The van der Waals surface area contributed by atoms with Crippen LogP contribution in [0.5, 0.6) is 0 Å². The Morgan fingerprint density at radius 1 is 0.581 bits per heavy atom. The molecule has 16 heteroatoms. The predicted octanol–water partition coefficient (Wildman–Crippen LogP) is 10.8. The molecule has 0 rings (SSSR count). The largest absolute Gasteiger partial charge is 0.472 e. The van der Waals surface area contributed by atoms with Crippen LogP contribution in [0.3, 0.4) is 0 Å². The van der Waals surface area contributed by atoms with Crippen molar-refractivity contribution in [3.8, 4) is 0 Å². The highest BCUT2D eigenvalue weighted by Gasteiger charge is 2.28. The molecule has 5 N–H and O–H groups in total. The quantitative estimate of drug-likeness (QED) is 0.0127. The second-order valence-electron chi connectivity index (χ2n) is 16.0. The molecule has 0 spiro atoms. The maximum atomic E-state index is 12.7. The van der Waals surface area contributed by atoms with Crippen molar-refractivity contribution in [1.29, 1.82) is 0 Å². The fourth-order valence-corrected chi connectivity index (χ4v) is 7.10. The molecule has 0 heterocycles. The molecule has 0 saturated carbocycles. The van der Waals surface area contributed by atoms with Gasteiger partial charge in [-0.1, -0.05) is 171 Å². The molecule has 0 aliphatic rings. The van der Waals surface area contributed by atoms with E-state index in [1.54, 1.807) is 12.2 Å². The molecule has 2 unspecified atom stereocenters. The zero-order valence-electron chi connectivity index (χ0n) is 38.0. The Balaban J connectivity index is 4.63. The van der Waals surface area contributed by atoms with Crippen LogP contribution in [0.4, 0.5) is 0 Å². The molecule has 0 aliphatic heterocycles. The van der Waals surface area contributed by atoms with E-state index in [9.17, 15) is 33.8 Å². The minimum atomic E-state index is -4.88. The normalized spacial score (nSPS) is 15.1. The first-order chi connectivity index (χ1) is 29.6. The van der Waals surface area contributed by atoms with E-state index in [4.69, 9.17) is 23.8 Å². The number of phosphoric acid groups is 2. The summed E-state index contributed by atoms with van der Waals surface area (Å²) >= 11 is 0. The lowest BCUT2D eigenvalue weighted by Crippen LogP contribution is -2.29. The highest BCUT2D eigenvalue weighted by molar-refractivity contribution is 7.47. The molecule has 62 heavy (non-hydrogen) atoms. The maximum Gasteiger partial charge on any atom is 0.472 e. The molecule has 0 bridgehead atoms. The average molecular weight is 921 g/mol. The molecule has 0 aromatic rings. The van der Waals surface area contributed by atoms with Crippen LogP contribution in [0.15, 0.2) is 60.8 Å². The molecular formula is C46H82O14P2. The van der Waals surface area contributed by atoms with E-state index in [0.717, 1.165) is 38.0 Å². The summed E-state index contributed by atoms with van der Waals surface area (Å²) in [5, 5.41) is 19.8. The zero-order valence-corrected chi connectivity index (χ0v) is 39.8. The van der Waals surface area contributed by atoms with E-state index in [0.29, 0.717) is 32.1 Å². The lowest BCUT2D eigenvalue weighted by Gasteiger charge is -2.20. The van der Waals surface area contributed by atoms with Gasteiger partial charge in [0.1, 0.15) is 12.7 Å². The number of carbonyl (C=O) groups is 2. The molecule has 14 nitrogen and oxygen atoms in total. The van der Waals surface area contributed by atoms with Gasteiger partial charge in [-0.05, 0) is 50.9 Å². The van der Waals surface area contributed by atoms with Crippen LogP contribution in [0.1, 0.15) is 168 Å². The predicted molar refractivity (Wildman–Crippen MR) is 245 cm³/mol. The molecule has 4 atom stereocenters. The first-order valence-electron chi connectivity index (χ1n) is 22.9. The van der Waals surface area contributed by atoms with Crippen LogP contribution in [-0.2, 0) is 41.8 Å². The van der Waals surface area contributed by atoms with Gasteiger partial charge in [0.2, 0.25) is 0 Å². The lowest BCUT2D eigenvalue weighted by atomic mass is 10.0. The maximum absolute atomic E-state index is 12.7. The van der Waals surface area contributed by atoms with Gasteiger partial charge in [0.25, 0.3) is 0 Å². The van der Waals surface area contributed by atoms with Crippen molar-refractivity contribution in [3.63, 3.8) is 0 Å². The van der Waals surface area contributed by atoms with Gasteiger partial charge in [-0.15, -0.1) is 0 Å². The van der Waals surface area contributed by atoms with Gasteiger partial charge in [0.15, 0.2) is 6.10 Å².